The van der Waals surface area contributed by atoms with Crippen LogP contribution in [0.1, 0.15) is 31.2 Å². The number of hydrogen-bond acceptors (Lipinski definition) is 4. The molecule has 4 rings (SSSR count). The van der Waals surface area contributed by atoms with Gasteiger partial charge in [-0.15, -0.1) is 0 Å². The van der Waals surface area contributed by atoms with E-state index in [2.05, 4.69) is 20.5 Å². The molecule has 0 saturated carbocycles. The number of likely N-dealkylation sites (N-methyl/N-ethyl adjacent to an activating group) is 1. The van der Waals surface area contributed by atoms with Gasteiger partial charge in [0.25, 0.3) is 0 Å². The van der Waals surface area contributed by atoms with Gasteiger partial charge in [-0.25, -0.2) is 9.78 Å². The summed E-state index contributed by atoms with van der Waals surface area (Å²) < 4.78 is 1.91. The molecule has 174 valence electrons. The van der Waals surface area contributed by atoms with Gasteiger partial charge in [-0.2, -0.15) is 0 Å². The lowest BCUT2D eigenvalue weighted by atomic mass is 10.2. The zero-order chi connectivity index (χ0) is 23.2. The first kappa shape index (κ1) is 22.6. The molecule has 1 saturated heterocycles. The highest BCUT2D eigenvalue weighted by Crippen LogP contribution is 2.21. The van der Waals surface area contributed by atoms with Crippen LogP contribution in [0, 0.1) is 0 Å². The number of benzene rings is 1. The summed E-state index contributed by atoms with van der Waals surface area (Å²) in [7, 11) is 3.49. The molecule has 1 aliphatic rings. The van der Waals surface area contributed by atoms with Crippen LogP contribution >= 0.6 is 0 Å². The SMILES string of the molecule is CN(C)C(=O)Cn1ccc2cc(NC(=O)NCc3ccc(N4CCCCCC4)nc3)ccc21. The molecule has 0 atom stereocenters. The van der Waals surface area contributed by atoms with Crippen molar-refractivity contribution < 1.29 is 9.59 Å². The van der Waals surface area contributed by atoms with Gasteiger partial charge in [0.1, 0.15) is 12.4 Å². The molecule has 1 aromatic carbocycles. The third-order valence-electron chi connectivity index (χ3n) is 6.03. The van der Waals surface area contributed by atoms with E-state index in [0.29, 0.717) is 12.2 Å². The fourth-order valence-corrected chi connectivity index (χ4v) is 4.07. The summed E-state index contributed by atoms with van der Waals surface area (Å²) >= 11 is 0. The topological polar surface area (TPSA) is 82.5 Å². The second kappa shape index (κ2) is 10.4. The minimum absolute atomic E-state index is 0.0306. The van der Waals surface area contributed by atoms with Gasteiger partial charge in [0.15, 0.2) is 0 Å². The smallest absolute Gasteiger partial charge is 0.319 e. The van der Waals surface area contributed by atoms with E-state index in [1.165, 1.54) is 25.7 Å². The predicted octanol–water partition coefficient (Wildman–Crippen LogP) is 3.83. The molecule has 3 amide bonds. The van der Waals surface area contributed by atoms with Gasteiger partial charge in [-0.05, 0) is 48.7 Å². The Labute approximate surface area is 194 Å². The third kappa shape index (κ3) is 5.83. The lowest BCUT2D eigenvalue weighted by Gasteiger charge is -2.21. The number of nitrogens with one attached hydrogen (secondary N) is 2. The van der Waals surface area contributed by atoms with Crippen LogP contribution < -0.4 is 15.5 Å². The molecule has 2 N–H and O–H groups in total. The van der Waals surface area contributed by atoms with Crippen LogP contribution in [0.5, 0.6) is 0 Å². The van der Waals surface area contributed by atoms with Crippen LogP contribution in [0.3, 0.4) is 0 Å². The predicted molar refractivity (Wildman–Crippen MR) is 131 cm³/mol. The quantitative estimate of drug-likeness (QED) is 0.601. The molecule has 0 radical (unpaired) electrons. The Balaban J connectivity index is 1.31. The second-order valence-electron chi connectivity index (χ2n) is 8.74. The molecule has 0 unspecified atom stereocenters. The molecule has 1 fully saturated rings. The van der Waals surface area contributed by atoms with Gasteiger partial charge >= 0.3 is 6.03 Å². The molecule has 3 heterocycles. The number of amides is 3. The first-order chi connectivity index (χ1) is 16.0. The number of carbonyl (C=O) groups is 2. The van der Waals surface area contributed by atoms with Crippen molar-refractivity contribution in [3.63, 3.8) is 0 Å². The minimum Gasteiger partial charge on any atom is -0.357 e. The summed E-state index contributed by atoms with van der Waals surface area (Å²) in [5.74, 6) is 1.04. The Hall–Kier alpha value is -3.55. The van der Waals surface area contributed by atoms with Crippen LogP contribution in [-0.4, -0.2) is 53.6 Å². The summed E-state index contributed by atoms with van der Waals surface area (Å²) in [6.45, 7) is 2.82. The van der Waals surface area contributed by atoms with Gasteiger partial charge in [0, 0.05) is 62.7 Å². The Kier molecular flexibility index (Phi) is 7.12. The summed E-state index contributed by atoms with van der Waals surface area (Å²) in [6, 6.07) is 11.4. The van der Waals surface area contributed by atoms with Gasteiger partial charge in [0.05, 0.1) is 0 Å². The van der Waals surface area contributed by atoms with Crippen molar-refractivity contribution in [3.05, 3.63) is 54.4 Å². The van der Waals surface area contributed by atoms with E-state index in [1.807, 2.05) is 53.4 Å². The number of fused-ring (bicyclic) bond motifs is 1. The average Bonchev–Trinajstić information content (AvgIpc) is 3.01. The van der Waals surface area contributed by atoms with Crippen LogP contribution in [0.15, 0.2) is 48.8 Å². The lowest BCUT2D eigenvalue weighted by Crippen LogP contribution is -2.28. The maximum absolute atomic E-state index is 12.4. The highest BCUT2D eigenvalue weighted by Gasteiger charge is 2.12. The zero-order valence-corrected chi connectivity index (χ0v) is 19.4. The van der Waals surface area contributed by atoms with Crippen molar-refractivity contribution in [1.82, 2.24) is 19.8 Å². The fourth-order valence-electron chi connectivity index (χ4n) is 4.07. The van der Waals surface area contributed by atoms with Crippen molar-refractivity contribution in [1.29, 1.82) is 0 Å². The largest absolute Gasteiger partial charge is 0.357 e. The maximum Gasteiger partial charge on any atom is 0.319 e. The highest BCUT2D eigenvalue weighted by atomic mass is 16.2. The number of hydrogen-bond donors (Lipinski definition) is 2. The second-order valence-corrected chi connectivity index (χ2v) is 8.74. The molecule has 33 heavy (non-hydrogen) atoms. The molecular weight excluding hydrogens is 416 g/mol. The summed E-state index contributed by atoms with van der Waals surface area (Å²) in [4.78, 5) is 32.9. The standard InChI is InChI=1S/C25H32N6O2/c1-29(2)24(32)18-31-14-11-20-15-21(8-9-22(20)31)28-25(33)27-17-19-7-10-23(26-16-19)30-12-5-3-4-6-13-30/h7-11,14-16H,3-6,12-13,17-18H2,1-2H3,(H2,27,28,33). The molecule has 1 aliphatic heterocycles. The van der Waals surface area contributed by atoms with Crippen molar-refractivity contribution in [3.8, 4) is 0 Å². The zero-order valence-electron chi connectivity index (χ0n) is 19.4. The van der Waals surface area contributed by atoms with Crippen molar-refractivity contribution in [2.75, 3.05) is 37.4 Å². The van der Waals surface area contributed by atoms with E-state index < -0.39 is 0 Å². The first-order valence-corrected chi connectivity index (χ1v) is 11.5. The molecule has 8 nitrogen and oxygen atoms in total. The maximum atomic E-state index is 12.4. The number of carbonyl (C=O) groups excluding carboxylic acids is 2. The lowest BCUT2D eigenvalue weighted by molar-refractivity contribution is -0.129. The number of nitrogens with zero attached hydrogens (tertiary/aromatic N) is 4. The van der Waals surface area contributed by atoms with Crippen LogP contribution in [0.25, 0.3) is 10.9 Å². The molecule has 0 aliphatic carbocycles. The Bertz CT molecular complexity index is 1100. The molecule has 3 aromatic rings. The molecule has 2 aromatic heterocycles. The Morgan fingerprint density at radius 3 is 2.52 bits per heavy atom. The van der Waals surface area contributed by atoms with E-state index in [0.717, 1.165) is 35.4 Å². The van der Waals surface area contributed by atoms with Crippen molar-refractivity contribution in [2.45, 2.75) is 38.8 Å². The van der Waals surface area contributed by atoms with Crippen LogP contribution in [0.4, 0.5) is 16.3 Å². The number of anilines is 2. The summed E-state index contributed by atoms with van der Waals surface area (Å²) in [5.41, 5.74) is 2.61. The molecule has 8 heteroatoms. The molecule has 0 spiro atoms. The molecular formula is C25H32N6O2. The summed E-state index contributed by atoms with van der Waals surface area (Å²) in [6.07, 6.45) is 8.75. The van der Waals surface area contributed by atoms with E-state index in [1.54, 1.807) is 19.0 Å². The van der Waals surface area contributed by atoms with Gasteiger partial charge in [-0.3, -0.25) is 4.79 Å². The van der Waals surface area contributed by atoms with E-state index in [9.17, 15) is 9.59 Å². The number of rotatable bonds is 6. The first-order valence-electron chi connectivity index (χ1n) is 11.5. The third-order valence-corrected chi connectivity index (χ3v) is 6.03. The van der Waals surface area contributed by atoms with E-state index >= 15 is 0 Å². The van der Waals surface area contributed by atoms with Crippen LogP contribution in [-0.2, 0) is 17.9 Å². The Morgan fingerprint density at radius 1 is 1.03 bits per heavy atom. The average molecular weight is 449 g/mol. The van der Waals surface area contributed by atoms with Gasteiger partial charge in [0.2, 0.25) is 5.91 Å². The van der Waals surface area contributed by atoms with Crippen LogP contribution in [0.2, 0.25) is 0 Å². The number of aromatic nitrogens is 2. The fraction of sp³-hybridized carbons (Fsp3) is 0.400. The monoisotopic (exact) mass is 448 g/mol. The summed E-state index contributed by atoms with van der Waals surface area (Å²) in [5, 5.41) is 6.73. The highest BCUT2D eigenvalue weighted by molar-refractivity contribution is 5.93. The normalized spacial score (nSPS) is 14.1. The van der Waals surface area contributed by atoms with Gasteiger partial charge < -0.3 is 25.0 Å². The van der Waals surface area contributed by atoms with E-state index in [4.69, 9.17) is 0 Å². The minimum atomic E-state index is -0.270. The number of urea groups is 1. The van der Waals surface area contributed by atoms with Gasteiger partial charge in [-0.1, -0.05) is 18.9 Å². The molecule has 0 bridgehead atoms. The Morgan fingerprint density at radius 2 is 1.82 bits per heavy atom. The number of pyridine rings is 1. The van der Waals surface area contributed by atoms with Crippen molar-refractivity contribution in [2.24, 2.45) is 0 Å². The van der Waals surface area contributed by atoms with Crippen molar-refractivity contribution >= 4 is 34.3 Å². The van der Waals surface area contributed by atoms with E-state index in [-0.39, 0.29) is 18.5 Å².